The summed E-state index contributed by atoms with van der Waals surface area (Å²) in [7, 11) is 0. The number of amides is 1. The molecule has 0 radical (unpaired) electrons. The molecule has 1 atom stereocenters. The molecule has 0 bridgehead atoms. The Morgan fingerprint density at radius 2 is 2.05 bits per heavy atom. The number of hydrogen-bond acceptors (Lipinski definition) is 2. The number of fused-ring (bicyclic) bond motifs is 1. The smallest absolute Gasteiger partial charge is 0.326 e. The molecule has 3 N–H and O–H groups in total. The molecule has 22 heavy (non-hydrogen) atoms. The van der Waals surface area contributed by atoms with E-state index >= 15 is 0 Å². The first-order valence-corrected chi connectivity index (χ1v) is 7.46. The summed E-state index contributed by atoms with van der Waals surface area (Å²) in [6, 6.07) is 5.08. The molecule has 0 saturated carbocycles. The van der Waals surface area contributed by atoms with Crippen LogP contribution in [0.15, 0.2) is 24.4 Å². The number of aryl methyl sites for hydroxylation is 1. The molecule has 0 aliphatic carbocycles. The molecule has 1 unspecified atom stereocenters. The third-order valence-electron chi connectivity index (χ3n) is 3.70. The molecule has 0 fully saturated rings. The van der Waals surface area contributed by atoms with E-state index in [9.17, 15) is 14.7 Å². The summed E-state index contributed by atoms with van der Waals surface area (Å²) in [5.41, 5.74) is 3.01. The van der Waals surface area contributed by atoms with Gasteiger partial charge in [-0.2, -0.15) is 0 Å². The Morgan fingerprint density at radius 1 is 1.32 bits per heavy atom. The highest BCUT2D eigenvalue weighted by molar-refractivity contribution is 5.91. The molecule has 2 rings (SSSR count). The van der Waals surface area contributed by atoms with Crippen LogP contribution in [-0.4, -0.2) is 28.0 Å². The molecule has 1 aromatic carbocycles. The number of carboxylic acid groups (broad SMARTS) is 1. The summed E-state index contributed by atoms with van der Waals surface area (Å²) >= 11 is 0. The monoisotopic (exact) mass is 302 g/mol. The van der Waals surface area contributed by atoms with Crippen LogP contribution in [0, 0.1) is 12.8 Å². The van der Waals surface area contributed by atoms with E-state index < -0.39 is 12.0 Å². The van der Waals surface area contributed by atoms with Gasteiger partial charge in [-0.25, -0.2) is 4.79 Å². The average Bonchev–Trinajstić information content (AvgIpc) is 2.82. The van der Waals surface area contributed by atoms with Crippen molar-refractivity contribution in [1.82, 2.24) is 10.3 Å². The molecule has 1 aromatic heterocycles. The van der Waals surface area contributed by atoms with E-state index in [-0.39, 0.29) is 18.2 Å². The molecule has 0 saturated heterocycles. The second-order valence-corrected chi connectivity index (χ2v) is 6.08. The zero-order chi connectivity index (χ0) is 16.3. The van der Waals surface area contributed by atoms with E-state index in [0.717, 1.165) is 22.0 Å². The minimum absolute atomic E-state index is 0.172. The van der Waals surface area contributed by atoms with E-state index in [2.05, 4.69) is 10.3 Å². The molecular formula is C17H22N2O3. The number of carbonyl (C=O) groups excluding carboxylic acids is 1. The van der Waals surface area contributed by atoms with E-state index in [1.54, 1.807) is 0 Å². The van der Waals surface area contributed by atoms with Crippen molar-refractivity contribution < 1.29 is 14.7 Å². The van der Waals surface area contributed by atoms with Gasteiger partial charge >= 0.3 is 5.97 Å². The van der Waals surface area contributed by atoms with Gasteiger partial charge < -0.3 is 15.4 Å². The zero-order valence-electron chi connectivity index (χ0n) is 13.1. The van der Waals surface area contributed by atoms with Crippen molar-refractivity contribution in [2.45, 2.75) is 39.7 Å². The first-order valence-electron chi connectivity index (χ1n) is 7.46. The van der Waals surface area contributed by atoms with Gasteiger partial charge in [0.05, 0.1) is 6.42 Å². The third kappa shape index (κ3) is 3.67. The molecule has 1 heterocycles. The van der Waals surface area contributed by atoms with Gasteiger partial charge in [0.2, 0.25) is 5.91 Å². The maximum atomic E-state index is 12.1. The number of carboxylic acids is 1. The SMILES string of the molecule is Cc1cccc2c(CC(=O)NC(CC(C)C)C(=O)O)c[nH]c12. The summed E-state index contributed by atoms with van der Waals surface area (Å²) in [6.07, 6.45) is 2.41. The van der Waals surface area contributed by atoms with E-state index in [4.69, 9.17) is 0 Å². The maximum Gasteiger partial charge on any atom is 0.326 e. The van der Waals surface area contributed by atoms with Gasteiger partial charge in [0.25, 0.3) is 0 Å². The topological polar surface area (TPSA) is 82.2 Å². The Hall–Kier alpha value is -2.30. The standard InChI is InChI=1S/C17H22N2O3/c1-10(2)7-14(17(21)22)19-15(20)8-12-9-18-16-11(3)5-4-6-13(12)16/h4-6,9-10,14,18H,7-8H2,1-3H3,(H,19,20)(H,21,22). The normalized spacial score (nSPS) is 12.5. The fourth-order valence-corrected chi connectivity index (χ4v) is 2.62. The summed E-state index contributed by atoms with van der Waals surface area (Å²) in [6.45, 7) is 5.88. The van der Waals surface area contributed by atoms with Crippen molar-refractivity contribution in [3.63, 3.8) is 0 Å². The Labute approximate surface area is 129 Å². The Morgan fingerprint density at radius 3 is 2.68 bits per heavy atom. The van der Waals surface area contributed by atoms with Gasteiger partial charge in [0.15, 0.2) is 0 Å². The molecule has 2 aromatic rings. The fourth-order valence-electron chi connectivity index (χ4n) is 2.62. The minimum atomic E-state index is -0.989. The quantitative estimate of drug-likeness (QED) is 0.767. The molecule has 0 aliphatic heterocycles. The first kappa shape index (κ1) is 16.1. The minimum Gasteiger partial charge on any atom is -0.480 e. The van der Waals surface area contributed by atoms with Gasteiger partial charge in [0, 0.05) is 17.1 Å². The molecule has 5 heteroatoms. The van der Waals surface area contributed by atoms with Crippen molar-refractivity contribution in [3.8, 4) is 0 Å². The van der Waals surface area contributed by atoms with Crippen LogP contribution < -0.4 is 5.32 Å². The summed E-state index contributed by atoms with van der Waals surface area (Å²) in [5, 5.41) is 12.8. The number of aliphatic carboxylic acids is 1. The van der Waals surface area contributed by atoms with Crippen LogP contribution in [0.25, 0.3) is 10.9 Å². The molecule has 5 nitrogen and oxygen atoms in total. The zero-order valence-corrected chi connectivity index (χ0v) is 13.1. The van der Waals surface area contributed by atoms with E-state index in [1.807, 2.05) is 45.2 Å². The van der Waals surface area contributed by atoms with Crippen LogP contribution in [-0.2, 0) is 16.0 Å². The van der Waals surface area contributed by atoms with Crippen molar-refractivity contribution in [1.29, 1.82) is 0 Å². The average molecular weight is 302 g/mol. The van der Waals surface area contributed by atoms with Gasteiger partial charge in [-0.1, -0.05) is 32.0 Å². The number of hydrogen-bond donors (Lipinski definition) is 3. The Bertz CT molecular complexity index is 688. The number of nitrogens with one attached hydrogen (secondary N) is 2. The van der Waals surface area contributed by atoms with Crippen LogP contribution in [0.4, 0.5) is 0 Å². The molecule has 0 aliphatic rings. The predicted octanol–water partition coefficient (Wildman–Crippen LogP) is 2.63. The van der Waals surface area contributed by atoms with Crippen LogP contribution >= 0.6 is 0 Å². The lowest BCUT2D eigenvalue weighted by atomic mass is 10.0. The second kappa shape index (κ2) is 6.64. The Balaban J connectivity index is 2.10. The molecule has 118 valence electrons. The lowest BCUT2D eigenvalue weighted by Crippen LogP contribution is -2.42. The van der Waals surface area contributed by atoms with Gasteiger partial charge in [0.1, 0.15) is 6.04 Å². The first-order chi connectivity index (χ1) is 10.4. The fraction of sp³-hybridized carbons (Fsp3) is 0.412. The summed E-state index contributed by atoms with van der Waals surface area (Å²) in [4.78, 5) is 26.5. The number of para-hydroxylation sites is 1. The predicted molar refractivity (Wildman–Crippen MR) is 85.8 cm³/mol. The lowest BCUT2D eigenvalue weighted by molar-refractivity contribution is -0.142. The molecule has 0 spiro atoms. The van der Waals surface area contributed by atoms with Crippen LogP contribution in [0.2, 0.25) is 0 Å². The number of carbonyl (C=O) groups is 2. The number of aromatic nitrogens is 1. The van der Waals surface area contributed by atoms with Crippen LogP contribution in [0.3, 0.4) is 0 Å². The van der Waals surface area contributed by atoms with Gasteiger partial charge in [-0.05, 0) is 30.4 Å². The number of aromatic amines is 1. The molecular weight excluding hydrogens is 280 g/mol. The Kier molecular flexibility index (Phi) is 4.85. The summed E-state index contributed by atoms with van der Waals surface area (Å²) < 4.78 is 0. The largest absolute Gasteiger partial charge is 0.480 e. The van der Waals surface area contributed by atoms with Gasteiger partial charge in [-0.3, -0.25) is 4.79 Å². The van der Waals surface area contributed by atoms with E-state index in [0.29, 0.717) is 6.42 Å². The van der Waals surface area contributed by atoms with Crippen molar-refractivity contribution in [2.75, 3.05) is 0 Å². The van der Waals surface area contributed by atoms with Crippen molar-refractivity contribution in [2.24, 2.45) is 5.92 Å². The van der Waals surface area contributed by atoms with Crippen molar-refractivity contribution in [3.05, 3.63) is 35.5 Å². The third-order valence-corrected chi connectivity index (χ3v) is 3.70. The number of H-pyrrole nitrogens is 1. The van der Waals surface area contributed by atoms with E-state index in [1.165, 1.54) is 0 Å². The maximum absolute atomic E-state index is 12.1. The number of benzene rings is 1. The number of rotatable bonds is 6. The van der Waals surface area contributed by atoms with Crippen LogP contribution in [0.5, 0.6) is 0 Å². The summed E-state index contributed by atoms with van der Waals surface area (Å²) in [5.74, 6) is -1.05. The highest BCUT2D eigenvalue weighted by Gasteiger charge is 2.21. The second-order valence-electron chi connectivity index (χ2n) is 6.08. The highest BCUT2D eigenvalue weighted by atomic mass is 16.4. The lowest BCUT2D eigenvalue weighted by Gasteiger charge is -2.16. The highest BCUT2D eigenvalue weighted by Crippen LogP contribution is 2.21. The molecule has 1 amide bonds. The van der Waals surface area contributed by atoms with Crippen LogP contribution in [0.1, 0.15) is 31.4 Å². The van der Waals surface area contributed by atoms with Gasteiger partial charge in [-0.15, -0.1) is 0 Å². The van der Waals surface area contributed by atoms with Crippen molar-refractivity contribution >= 4 is 22.8 Å².